The fourth-order valence-corrected chi connectivity index (χ4v) is 7.33. The van der Waals surface area contributed by atoms with Gasteiger partial charge in [0.25, 0.3) is 0 Å². The van der Waals surface area contributed by atoms with Crippen molar-refractivity contribution < 1.29 is 9.15 Å². The van der Waals surface area contributed by atoms with Crippen molar-refractivity contribution in [3.05, 3.63) is 162 Å². The fourth-order valence-electron chi connectivity index (χ4n) is 7.33. The Balaban J connectivity index is 1.20. The Labute approximate surface area is 276 Å². The summed E-state index contributed by atoms with van der Waals surface area (Å²) in [6.07, 6.45) is 4.30. The van der Waals surface area contributed by atoms with Crippen LogP contribution < -0.4 is 4.74 Å². The second-order valence-corrected chi connectivity index (χ2v) is 12.3. The van der Waals surface area contributed by atoms with E-state index in [2.05, 4.69) is 109 Å². The first-order valence-corrected chi connectivity index (χ1v) is 16.2. The highest BCUT2D eigenvalue weighted by Crippen LogP contribution is 2.48. The number of ether oxygens (including phenoxy) is 1. The van der Waals surface area contributed by atoms with E-state index < -0.39 is 0 Å². The summed E-state index contributed by atoms with van der Waals surface area (Å²) in [5.41, 5.74) is 10.2. The summed E-state index contributed by atoms with van der Waals surface area (Å²) < 4.78 is 12.6. The molecule has 2 aliphatic rings. The van der Waals surface area contributed by atoms with E-state index >= 15 is 0 Å². The standard InChI is InChI=1S/C43H27N3O2/c1-2-11-26(12-3-1)27-13-8-14-28(25-27)41-44-42(46-43(45-41)34-19-10-22-37-40(34)33-16-5-7-21-36(33)47-37)31-18-9-17-30-29(31)23-24-38-39(30)32-15-4-6-20-35(32)48-38/h1-25,38-39H. The summed E-state index contributed by atoms with van der Waals surface area (Å²) in [6.45, 7) is 0. The van der Waals surface area contributed by atoms with Gasteiger partial charge in [0.05, 0.1) is 5.92 Å². The minimum Gasteiger partial charge on any atom is -0.485 e. The van der Waals surface area contributed by atoms with Gasteiger partial charge in [-0.1, -0.05) is 121 Å². The molecule has 2 aromatic heterocycles. The maximum Gasteiger partial charge on any atom is 0.164 e. The van der Waals surface area contributed by atoms with Crippen LogP contribution in [0.2, 0.25) is 0 Å². The third kappa shape index (κ3) is 4.21. The zero-order chi connectivity index (χ0) is 31.6. The van der Waals surface area contributed by atoms with Crippen LogP contribution in [0.4, 0.5) is 0 Å². The smallest absolute Gasteiger partial charge is 0.164 e. The van der Waals surface area contributed by atoms with E-state index in [9.17, 15) is 0 Å². The Morgan fingerprint density at radius 1 is 0.500 bits per heavy atom. The SMILES string of the molecule is C1=CC2Oc3ccccc3C2c2cccc(-c3nc(-c4cccc(-c5ccccc5)c4)nc(-c4cccc5oc6ccccc6c45)n3)c21. The molecule has 5 heteroatoms. The van der Waals surface area contributed by atoms with Gasteiger partial charge in [-0.3, -0.25) is 0 Å². The molecule has 2 unspecified atom stereocenters. The normalized spacial score (nSPS) is 16.0. The number of benzene rings is 6. The van der Waals surface area contributed by atoms with Crippen molar-refractivity contribution in [2.75, 3.05) is 0 Å². The summed E-state index contributed by atoms with van der Waals surface area (Å²) in [5, 5.41) is 2.02. The van der Waals surface area contributed by atoms with Gasteiger partial charge in [0, 0.05) is 33.0 Å². The molecule has 0 saturated carbocycles. The molecule has 226 valence electrons. The average molecular weight is 618 g/mol. The Morgan fingerprint density at radius 3 is 2.10 bits per heavy atom. The summed E-state index contributed by atoms with van der Waals surface area (Å²) in [5.74, 6) is 2.89. The van der Waals surface area contributed by atoms with E-state index in [-0.39, 0.29) is 12.0 Å². The molecule has 0 radical (unpaired) electrons. The zero-order valence-corrected chi connectivity index (χ0v) is 25.7. The van der Waals surface area contributed by atoms with Crippen LogP contribution in [0, 0.1) is 0 Å². The largest absolute Gasteiger partial charge is 0.485 e. The van der Waals surface area contributed by atoms with Crippen molar-refractivity contribution >= 4 is 28.0 Å². The van der Waals surface area contributed by atoms with E-state index in [1.54, 1.807) is 0 Å². The van der Waals surface area contributed by atoms with E-state index in [0.29, 0.717) is 17.5 Å². The van der Waals surface area contributed by atoms with Gasteiger partial charge in [0.1, 0.15) is 23.0 Å². The molecule has 0 bridgehead atoms. The lowest BCUT2D eigenvalue weighted by atomic mass is 9.80. The molecule has 5 nitrogen and oxygen atoms in total. The summed E-state index contributed by atoms with van der Waals surface area (Å²) in [6, 6.07) is 47.8. The van der Waals surface area contributed by atoms with E-state index in [0.717, 1.165) is 61.1 Å². The molecule has 0 spiro atoms. The number of fused-ring (bicyclic) bond motifs is 8. The van der Waals surface area contributed by atoms with Crippen LogP contribution in [-0.2, 0) is 0 Å². The highest BCUT2D eigenvalue weighted by atomic mass is 16.5. The predicted molar refractivity (Wildman–Crippen MR) is 191 cm³/mol. The van der Waals surface area contributed by atoms with Crippen molar-refractivity contribution in [1.82, 2.24) is 15.0 Å². The Morgan fingerprint density at radius 2 is 1.17 bits per heavy atom. The monoisotopic (exact) mass is 617 g/mol. The molecule has 1 aliphatic heterocycles. The number of hydrogen-bond acceptors (Lipinski definition) is 5. The highest BCUT2D eigenvalue weighted by Gasteiger charge is 2.37. The van der Waals surface area contributed by atoms with Crippen molar-refractivity contribution in [1.29, 1.82) is 0 Å². The average Bonchev–Trinajstić information content (AvgIpc) is 3.74. The third-order valence-electron chi connectivity index (χ3n) is 9.52. The number of furan rings is 1. The lowest BCUT2D eigenvalue weighted by molar-refractivity contribution is 0.267. The van der Waals surface area contributed by atoms with Crippen LogP contribution in [0.3, 0.4) is 0 Å². The quantitative estimate of drug-likeness (QED) is 0.197. The van der Waals surface area contributed by atoms with Crippen molar-refractivity contribution in [2.24, 2.45) is 0 Å². The van der Waals surface area contributed by atoms with Crippen molar-refractivity contribution in [3.63, 3.8) is 0 Å². The van der Waals surface area contributed by atoms with Crippen molar-refractivity contribution in [3.8, 4) is 51.0 Å². The minimum absolute atomic E-state index is 0.0395. The summed E-state index contributed by atoms with van der Waals surface area (Å²) >= 11 is 0. The van der Waals surface area contributed by atoms with Gasteiger partial charge < -0.3 is 9.15 Å². The summed E-state index contributed by atoms with van der Waals surface area (Å²) in [7, 11) is 0. The highest BCUT2D eigenvalue weighted by molar-refractivity contribution is 6.11. The van der Waals surface area contributed by atoms with Gasteiger partial charge in [0.2, 0.25) is 0 Å². The fraction of sp³-hybridized carbons (Fsp3) is 0.0465. The van der Waals surface area contributed by atoms with Gasteiger partial charge in [-0.2, -0.15) is 0 Å². The number of nitrogens with zero attached hydrogens (tertiary/aromatic N) is 3. The van der Waals surface area contributed by atoms with Gasteiger partial charge in [-0.25, -0.2) is 15.0 Å². The molecule has 48 heavy (non-hydrogen) atoms. The second-order valence-electron chi connectivity index (χ2n) is 12.3. The number of hydrogen-bond donors (Lipinski definition) is 0. The number of para-hydroxylation sites is 2. The molecule has 0 N–H and O–H groups in total. The van der Waals surface area contributed by atoms with Crippen LogP contribution in [0.1, 0.15) is 22.6 Å². The van der Waals surface area contributed by atoms with Crippen LogP contribution in [0.5, 0.6) is 5.75 Å². The first kappa shape index (κ1) is 26.8. The molecule has 0 saturated heterocycles. The lowest BCUT2D eigenvalue weighted by Gasteiger charge is -2.24. The maximum absolute atomic E-state index is 6.35. The molecule has 0 fully saturated rings. The van der Waals surface area contributed by atoms with Gasteiger partial charge in [-0.15, -0.1) is 0 Å². The van der Waals surface area contributed by atoms with Crippen LogP contribution in [-0.4, -0.2) is 21.1 Å². The van der Waals surface area contributed by atoms with Crippen LogP contribution >= 0.6 is 0 Å². The molecule has 3 heterocycles. The summed E-state index contributed by atoms with van der Waals surface area (Å²) in [4.78, 5) is 15.6. The molecule has 10 rings (SSSR count). The molecule has 1 aliphatic carbocycles. The first-order valence-electron chi connectivity index (χ1n) is 16.2. The first-order chi connectivity index (χ1) is 23.8. The number of rotatable bonds is 4. The molecule has 0 amide bonds. The third-order valence-corrected chi connectivity index (χ3v) is 9.52. The predicted octanol–water partition coefficient (Wildman–Crippen LogP) is 10.4. The minimum atomic E-state index is -0.0395. The van der Waals surface area contributed by atoms with Crippen LogP contribution in [0.15, 0.2) is 150 Å². The molecular weight excluding hydrogens is 590 g/mol. The van der Waals surface area contributed by atoms with E-state index in [4.69, 9.17) is 24.1 Å². The van der Waals surface area contributed by atoms with Crippen LogP contribution in [0.25, 0.3) is 73.3 Å². The van der Waals surface area contributed by atoms with Crippen molar-refractivity contribution in [2.45, 2.75) is 12.0 Å². The maximum atomic E-state index is 6.35. The molecular formula is C43H27N3O2. The number of aromatic nitrogens is 3. The molecule has 8 aromatic rings. The molecule has 6 aromatic carbocycles. The second kappa shape index (κ2) is 10.6. The van der Waals surface area contributed by atoms with E-state index in [1.165, 1.54) is 11.1 Å². The Bertz CT molecular complexity index is 2570. The topological polar surface area (TPSA) is 61.0 Å². The Kier molecular flexibility index (Phi) is 5.93. The zero-order valence-electron chi connectivity index (χ0n) is 25.7. The van der Waals surface area contributed by atoms with E-state index in [1.807, 2.05) is 42.5 Å². The lowest BCUT2D eigenvalue weighted by Crippen LogP contribution is -2.21. The molecule has 2 atom stereocenters. The van der Waals surface area contributed by atoms with Gasteiger partial charge in [0.15, 0.2) is 17.5 Å². The van der Waals surface area contributed by atoms with Gasteiger partial charge >= 0.3 is 0 Å². The Hall–Kier alpha value is -6.33. The van der Waals surface area contributed by atoms with Gasteiger partial charge in [-0.05, 0) is 52.6 Å².